The van der Waals surface area contributed by atoms with Crippen LogP contribution in [-0.4, -0.2) is 30.6 Å². The van der Waals surface area contributed by atoms with E-state index in [0.29, 0.717) is 0 Å². The van der Waals surface area contributed by atoms with E-state index < -0.39 is 11.6 Å². The van der Waals surface area contributed by atoms with Crippen LogP contribution in [0.25, 0.3) is 0 Å². The summed E-state index contributed by atoms with van der Waals surface area (Å²) in [7, 11) is 1.54. The molecule has 0 spiro atoms. The predicted molar refractivity (Wildman–Crippen MR) is 74.2 cm³/mol. The van der Waals surface area contributed by atoms with Crippen LogP contribution in [0.3, 0.4) is 0 Å². The highest BCUT2D eigenvalue weighted by molar-refractivity contribution is 6.04. The Kier molecular flexibility index (Phi) is 3.33. The predicted octanol–water partition coefficient (Wildman–Crippen LogP) is 1.13. The number of amides is 3. The van der Waals surface area contributed by atoms with Crippen molar-refractivity contribution >= 4 is 23.3 Å². The Morgan fingerprint density at radius 2 is 1.89 bits per heavy atom. The molecule has 6 heteroatoms. The van der Waals surface area contributed by atoms with Crippen molar-refractivity contribution in [2.45, 2.75) is 25.4 Å². The second kappa shape index (κ2) is 4.79. The smallest absolute Gasteiger partial charge is 0.315 e. The van der Waals surface area contributed by atoms with Crippen LogP contribution in [0.4, 0.5) is 16.2 Å². The van der Waals surface area contributed by atoms with Crippen LogP contribution >= 0.6 is 0 Å². The third-order valence-electron chi connectivity index (χ3n) is 3.13. The van der Waals surface area contributed by atoms with Gasteiger partial charge in [-0.05, 0) is 26.0 Å². The quantitative estimate of drug-likeness (QED) is 0.645. The second-order valence-corrected chi connectivity index (χ2v) is 5.04. The summed E-state index contributed by atoms with van der Waals surface area (Å²) in [6, 6.07) is 6.60. The molecule has 1 unspecified atom stereocenters. The summed E-state index contributed by atoms with van der Waals surface area (Å²) >= 11 is 0. The molecule has 1 aliphatic rings. The highest BCUT2D eigenvalue weighted by atomic mass is 16.2. The lowest BCUT2D eigenvalue weighted by atomic mass is 9.92. The molecule has 0 saturated carbocycles. The van der Waals surface area contributed by atoms with E-state index >= 15 is 0 Å². The van der Waals surface area contributed by atoms with E-state index in [0.717, 1.165) is 11.4 Å². The molecule has 0 aromatic heterocycles. The highest BCUT2D eigenvalue weighted by Gasteiger charge is 2.39. The molecule has 4 N–H and O–H groups in total. The van der Waals surface area contributed by atoms with Gasteiger partial charge in [-0.25, -0.2) is 4.79 Å². The molecule has 0 aliphatic carbocycles. The largest absolute Gasteiger partial charge is 0.370 e. The first kappa shape index (κ1) is 13.2. The van der Waals surface area contributed by atoms with Gasteiger partial charge in [-0.2, -0.15) is 0 Å². The van der Waals surface area contributed by atoms with Crippen LogP contribution in [-0.2, 0) is 4.79 Å². The number of hydrogen-bond donors (Lipinski definition) is 4. The Morgan fingerprint density at radius 1 is 1.26 bits per heavy atom. The van der Waals surface area contributed by atoms with Gasteiger partial charge in [0.1, 0.15) is 6.04 Å². The zero-order chi connectivity index (χ0) is 14.0. The van der Waals surface area contributed by atoms with Gasteiger partial charge in [-0.15, -0.1) is 0 Å². The van der Waals surface area contributed by atoms with Gasteiger partial charge in [0.25, 0.3) is 0 Å². The summed E-state index contributed by atoms with van der Waals surface area (Å²) < 4.78 is 0. The first-order valence-corrected chi connectivity index (χ1v) is 6.10. The van der Waals surface area contributed by atoms with Gasteiger partial charge in [0.2, 0.25) is 5.91 Å². The van der Waals surface area contributed by atoms with E-state index in [4.69, 9.17) is 0 Å². The van der Waals surface area contributed by atoms with Gasteiger partial charge in [-0.1, -0.05) is 12.1 Å². The zero-order valence-electron chi connectivity index (χ0n) is 11.2. The molecule has 2 rings (SSSR count). The number of para-hydroxylation sites is 2. The van der Waals surface area contributed by atoms with E-state index in [1.54, 1.807) is 13.8 Å². The maximum absolute atomic E-state index is 12.1. The molecule has 1 heterocycles. The zero-order valence-corrected chi connectivity index (χ0v) is 11.2. The molecule has 6 nitrogen and oxygen atoms in total. The van der Waals surface area contributed by atoms with Crippen LogP contribution in [0.1, 0.15) is 13.8 Å². The van der Waals surface area contributed by atoms with E-state index in [1.165, 1.54) is 7.05 Å². The fourth-order valence-electron chi connectivity index (χ4n) is 2.08. The maximum atomic E-state index is 12.1. The van der Waals surface area contributed by atoms with E-state index in [9.17, 15) is 9.59 Å². The average molecular weight is 262 g/mol. The topological polar surface area (TPSA) is 82.3 Å². The first-order chi connectivity index (χ1) is 8.94. The molecule has 0 bridgehead atoms. The minimum atomic E-state index is -0.724. The van der Waals surface area contributed by atoms with Gasteiger partial charge >= 0.3 is 6.03 Å². The fourth-order valence-corrected chi connectivity index (χ4v) is 2.08. The molecule has 1 aliphatic heterocycles. The van der Waals surface area contributed by atoms with Gasteiger partial charge < -0.3 is 21.3 Å². The van der Waals surface area contributed by atoms with Crippen LogP contribution in [0, 0.1) is 0 Å². The van der Waals surface area contributed by atoms with Crippen LogP contribution in [0.2, 0.25) is 0 Å². The molecule has 0 radical (unpaired) electrons. The van der Waals surface area contributed by atoms with Gasteiger partial charge in [0.05, 0.1) is 16.9 Å². The second-order valence-electron chi connectivity index (χ2n) is 5.04. The lowest BCUT2D eigenvalue weighted by Crippen LogP contribution is -2.62. The normalized spacial score (nSPS) is 17.8. The summed E-state index contributed by atoms with van der Waals surface area (Å²) in [4.78, 5) is 23.6. The fraction of sp³-hybridized carbons (Fsp3) is 0.385. The summed E-state index contributed by atoms with van der Waals surface area (Å²) in [6.07, 6.45) is 0. The minimum Gasteiger partial charge on any atom is -0.370 e. The summed E-state index contributed by atoms with van der Waals surface area (Å²) in [6.45, 7) is 3.60. The molecular formula is C13H18N4O2. The van der Waals surface area contributed by atoms with Crippen molar-refractivity contribution in [1.29, 1.82) is 0 Å². The highest BCUT2D eigenvalue weighted by Crippen LogP contribution is 2.29. The summed E-state index contributed by atoms with van der Waals surface area (Å²) in [5.74, 6) is -0.167. The number of carbonyl (C=O) groups excluding carboxylic acids is 2. The summed E-state index contributed by atoms with van der Waals surface area (Å²) in [5.41, 5.74) is 0.871. The van der Waals surface area contributed by atoms with Gasteiger partial charge in [-0.3, -0.25) is 4.79 Å². The average Bonchev–Trinajstić information content (AvgIpc) is 2.37. The number of hydrogen-bond acceptors (Lipinski definition) is 3. The maximum Gasteiger partial charge on any atom is 0.315 e. The van der Waals surface area contributed by atoms with Crippen molar-refractivity contribution in [2.24, 2.45) is 0 Å². The third-order valence-corrected chi connectivity index (χ3v) is 3.13. The molecule has 102 valence electrons. The SMILES string of the molecule is CNC(=O)NC(C)(C)C1Nc2ccccc2NC1=O. The van der Waals surface area contributed by atoms with E-state index in [-0.39, 0.29) is 11.9 Å². The van der Waals surface area contributed by atoms with Crippen LogP contribution < -0.4 is 21.3 Å². The number of nitrogens with one attached hydrogen (secondary N) is 4. The monoisotopic (exact) mass is 262 g/mol. The molecule has 1 atom stereocenters. The number of carbonyl (C=O) groups is 2. The number of urea groups is 1. The third kappa shape index (κ3) is 2.62. The summed E-state index contributed by atoms with van der Waals surface area (Å²) in [5, 5.41) is 11.2. The van der Waals surface area contributed by atoms with Crippen molar-refractivity contribution in [2.75, 3.05) is 17.7 Å². The number of benzene rings is 1. The van der Waals surface area contributed by atoms with E-state index in [1.807, 2.05) is 24.3 Å². The number of anilines is 2. The van der Waals surface area contributed by atoms with E-state index in [2.05, 4.69) is 21.3 Å². The Morgan fingerprint density at radius 3 is 2.53 bits per heavy atom. The van der Waals surface area contributed by atoms with Crippen LogP contribution in [0.5, 0.6) is 0 Å². The minimum absolute atomic E-state index is 0.167. The lowest BCUT2D eigenvalue weighted by molar-refractivity contribution is -0.118. The molecule has 19 heavy (non-hydrogen) atoms. The van der Waals surface area contributed by atoms with Crippen molar-refractivity contribution in [3.63, 3.8) is 0 Å². The Bertz CT molecular complexity index is 513. The van der Waals surface area contributed by atoms with Gasteiger partial charge in [0, 0.05) is 7.05 Å². The lowest BCUT2D eigenvalue weighted by Gasteiger charge is -2.38. The number of rotatable bonds is 2. The number of fused-ring (bicyclic) bond motifs is 1. The van der Waals surface area contributed by atoms with Crippen molar-refractivity contribution in [3.8, 4) is 0 Å². The Labute approximate surface area is 112 Å². The Hall–Kier alpha value is -2.24. The molecule has 0 fully saturated rings. The van der Waals surface area contributed by atoms with Crippen molar-refractivity contribution in [1.82, 2.24) is 10.6 Å². The van der Waals surface area contributed by atoms with Crippen molar-refractivity contribution < 1.29 is 9.59 Å². The molecule has 1 aromatic carbocycles. The van der Waals surface area contributed by atoms with Crippen LogP contribution in [0.15, 0.2) is 24.3 Å². The molecule has 1 aromatic rings. The molecule has 0 saturated heterocycles. The molecular weight excluding hydrogens is 244 g/mol. The van der Waals surface area contributed by atoms with Crippen molar-refractivity contribution in [3.05, 3.63) is 24.3 Å². The standard InChI is InChI=1S/C13H18N4O2/c1-13(2,17-12(19)14-3)10-11(18)16-9-7-5-4-6-8(9)15-10/h4-7,10,15H,1-3H3,(H,16,18)(H2,14,17,19). The molecule has 3 amide bonds. The first-order valence-electron chi connectivity index (χ1n) is 6.10. The van der Waals surface area contributed by atoms with Gasteiger partial charge in [0.15, 0.2) is 0 Å². The Balaban J connectivity index is 2.22.